The van der Waals surface area contributed by atoms with E-state index in [9.17, 15) is 8.78 Å². The highest BCUT2D eigenvalue weighted by molar-refractivity contribution is 5.76. The number of fused-ring (bicyclic) bond motifs is 1. The number of hydrogen-bond acceptors (Lipinski definition) is 5. The maximum absolute atomic E-state index is 12.8. The summed E-state index contributed by atoms with van der Waals surface area (Å²) in [5.41, 5.74) is 3.67. The van der Waals surface area contributed by atoms with Crippen LogP contribution in [0, 0.1) is 6.92 Å². The summed E-state index contributed by atoms with van der Waals surface area (Å²) in [6.07, 6.45) is 5.39. The molecule has 126 valence electrons. The normalized spacial score (nSPS) is 14.7. The molecule has 0 amide bonds. The number of halogens is 2. The number of H-pyrrole nitrogens is 1. The van der Waals surface area contributed by atoms with Gasteiger partial charge in [-0.1, -0.05) is 0 Å². The topological polar surface area (TPSA) is 84.3 Å². The summed E-state index contributed by atoms with van der Waals surface area (Å²) >= 11 is 0. The summed E-state index contributed by atoms with van der Waals surface area (Å²) in [5, 5.41) is 7.26. The first kappa shape index (κ1) is 15.0. The Kier molecular flexibility index (Phi) is 3.62. The van der Waals surface area contributed by atoms with Crippen molar-refractivity contribution in [3.8, 4) is 0 Å². The lowest BCUT2D eigenvalue weighted by Crippen LogP contribution is -2.13. The third-order valence-corrected chi connectivity index (χ3v) is 4.17. The second kappa shape index (κ2) is 5.81. The highest BCUT2D eigenvalue weighted by atomic mass is 19.1. The molecule has 4 rings (SSSR count). The summed E-state index contributed by atoms with van der Waals surface area (Å²) in [6.45, 7) is 0.151. The van der Waals surface area contributed by atoms with Gasteiger partial charge in [-0.15, -0.1) is 0 Å². The Balaban J connectivity index is 1.67. The van der Waals surface area contributed by atoms with E-state index < -0.39 is 19.4 Å². The zero-order valence-corrected chi connectivity index (χ0v) is 13.1. The molecular weight excluding hydrogens is 316 g/mol. The molecule has 0 radical (unpaired) electrons. The SMILES string of the molecule is Cc1nn(C(CF)CF)cc1Nc1nc(C2CC2)c2[nH]cnc2n1. The first-order valence-corrected chi connectivity index (χ1v) is 7.85. The molecule has 24 heavy (non-hydrogen) atoms. The standard InChI is InChI=1S/C15H17F2N7/c1-8-11(6-24(23-8)10(4-16)5-17)20-15-21-12(9-2-3-9)13-14(22-15)19-7-18-13/h6-7,9-10H,2-5H2,1H3,(H2,18,19,20,21,22). The van der Waals surface area contributed by atoms with Crippen LogP contribution in [0.2, 0.25) is 0 Å². The van der Waals surface area contributed by atoms with Crippen LogP contribution in [0.1, 0.15) is 36.2 Å². The molecule has 3 aromatic heterocycles. The second-order valence-corrected chi connectivity index (χ2v) is 6.00. The van der Waals surface area contributed by atoms with Gasteiger partial charge in [0.05, 0.1) is 23.4 Å². The van der Waals surface area contributed by atoms with Gasteiger partial charge in [0.1, 0.15) is 24.9 Å². The lowest BCUT2D eigenvalue weighted by Gasteiger charge is -2.08. The molecule has 3 heterocycles. The second-order valence-electron chi connectivity index (χ2n) is 6.00. The van der Waals surface area contributed by atoms with Crippen molar-refractivity contribution in [2.75, 3.05) is 18.7 Å². The average Bonchev–Trinajstić information content (AvgIpc) is 3.21. The number of imidazole rings is 1. The molecule has 1 aliphatic carbocycles. The van der Waals surface area contributed by atoms with Crippen LogP contribution in [0.5, 0.6) is 0 Å². The molecule has 0 aliphatic heterocycles. The Labute approximate surface area is 136 Å². The third kappa shape index (κ3) is 2.59. The molecule has 1 aliphatic rings. The van der Waals surface area contributed by atoms with Gasteiger partial charge in [0, 0.05) is 12.1 Å². The van der Waals surface area contributed by atoms with Crippen molar-refractivity contribution in [1.82, 2.24) is 29.7 Å². The number of aromatic amines is 1. The van der Waals surface area contributed by atoms with Crippen LogP contribution in [-0.4, -0.2) is 43.1 Å². The molecule has 0 atom stereocenters. The molecule has 1 saturated carbocycles. The van der Waals surface area contributed by atoms with Crippen LogP contribution in [0.15, 0.2) is 12.5 Å². The number of nitrogens with zero attached hydrogens (tertiary/aromatic N) is 5. The maximum atomic E-state index is 12.8. The lowest BCUT2D eigenvalue weighted by atomic mass is 10.2. The van der Waals surface area contributed by atoms with Gasteiger partial charge < -0.3 is 10.3 Å². The molecule has 9 heteroatoms. The first-order chi connectivity index (χ1) is 11.7. The van der Waals surface area contributed by atoms with Gasteiger partial charge in [0.15, 0.2) is 5.65 Å². The fraction of sp³-hybridized carbons (Fsp3) is 0.467. The van der Waals surface area contributed by atoms with Gasteiger partial charge in [0.2, 0.25) is 5.95 Å². The molecule has 7 nitrogen and oxygen atoms in total. The Hall–Kier alpha value is -2.58. The average molecular weight is 333 g/mol. The summed E-state index contributed by atoms with van der Waals surface area (Å²) in [4.78, 5) is 16.3. The van der Waals surface area contributed by atoms with Crippen LogP contribution in [-0.2, 0) is 0 Å². The minimum Gasteiger partial charge on any atom is -0.342 e. The van der Waals surface area contributed by atoms with Crippen molar-refractivity contribution in [2.24, 2.45) is 0 Å². The number of nitrogens with one attached hydrogen (secondary N) is 2. The molecule has 1 fully saturated rings. The zero-order chi connectivity index (χ0) is 16.7. The van der Waals surface area contributed by atoms with E-state index in [2.05, 4.69) is 30.4 Å². The van der Waals surface area contributed by atoms with E-state index in [1.807, 2.05) is 0 Å². The van der Waals surface area contributed by atoms with E-state index >= 15 is 0 Å². The number of alkyl halides is 2. The van der Waals surface area contributed by atoms with Gasteiger partial charge in [-0.2, -0.15) is 10.1 Å². The Morgan fingerprint density at radius 1 is 1.33 bits per heavy atom. The predicted octanol–water partition coefficient (Wildman–Crippen LogP) is 2.96. The quantitative estimate of drug-likeness (QED) is 0.724. The third-order valence-electron chi connectivity index (χ3n) is 4.17. The van der Waals surface area contributed by atoms with Gasteiger partial charge in [-0.25, -0.2) is 18.7 Å². The van der Waals surface area contributed by atoms with Crippen molar-refractivity contribution in [3.05, 3.63) is 23.9 Å². The van der Waals surface area contributed by atoms with Gasteiger partial charge in [-0.05, 0) is 19.8 Å². The summed E-state index contributed by atoms with van der Waals surface area (Å²) in [6, 6.07) is -0.906. The molecule has 0 unspecified atom stereocenters. The maximum Gasteiger partial charge on any atom is 0.229 e. The van der Waals surface area contributed by atoms with E-state index in [0.29, 0.717) is 28.9 Å². The summed E-state index contributed by atoms with van der Waals surface area (Å²) < 4.78 is 27.0. The predicted molar refractivity (Wildman–Crippen MR) is 84.9 cm³/mol. The molecule has 0 spiro atoms. The van der Waals surface area contributed by atoms with Gasteiger partial charge >= 0.3 is 0 Å². The number of anilines is 2. The van der Waals surface area contributed by atoms with Crippen molar-refractivity contribution >= 4 is 22.8 Å². The number of rotatable bonds is 6. The molecule has 3 aromatic rings. The van der Waals surface area contributed by atoms with Crippen molar-refractivity contribution < 1.29 is 8.78 Å². The molecule has 2 N–H and O–H groups in total. The Morgan fingerprint density at radius 3 is 2.83 bits per heavy atom. The molecule has 0 saturated heterocycles. The molecule has 0 bridgehead atoms. The smallest absolute Gasteiger partial charge is 0.229 e. The molecule has 0 aromatic carbocycles. The Bertz CT molecular complexity index is 864. The first-order valence-electron chi connectivity index (χ1n) is 7.85. The number of aromatic nitrogens is 6. The van der Waals surface area contributed by atoms with Crippen molar-refractivity contribution in [2.45, 2.75) is 31.7 Å². The summed E-state index contributed by atoms with van der Waals surface area (Å²) in [5.74, 6) is 0.846. The highest BCUT2D eigenvalue weighted by Crippen LogP contribution is 2.41. The van der Waals surface area contributed by atoms with Crippen LogP contribution in [0.4, 0.5) is 20.4 Å². The number of aryl methyl sites for hydroxylation is 1. The van der Waals surface area contributed by atoms with Gasteiger partial charge in [0.25, 0.3) is 0 Å². The van der Waals surface area contributed by atoms with Crippen LogP contribution in [0.25, 0.3) is 11.2 Å². The zero-order valence-electron chi connectivity index (χ0n) is 13.1. The van der Waals surface area contributed by atoms with E-state index in [4.69, 9.17) is 0 Å². The minimum atomic E-state index is -0.906. The van der Waals surface area contributed by atoms with E-state index in [1.165, 1.54) is 4.68 Å². The van der Waals surface area contributed by atoms with E-state index in [1.54, 1.807) is 19.4 Å². The lowest BCUT2D eigenvalue weighted by molar-refractivity contribution is 0.272. The van der Waals surface area contributed by atoms with Crippen LogP contribution >= 0.6 is 0 Å². The fourth-order valence-corrected chi connectivity index (χ4v) is 2.66. The minimum absolute atomic E-state index is 0.413. The fourth-order valence-electron chi connectivity index (χ4n) is 2.66. The highest BCUT2D eigenvalue weighted by Gasteiger charge is 2.29. The van der Waals surface area contributed by atoms with Crippen LogP contribution in [0.3, 0.4) is 0 Å². The van der Waals surface area contributed by atoms with Crippen molar-refractivity contribution in [1.29, 1.82) is 0 Å². The number of hydrogen-bond donors (Lipinski definition) is 2. The largest absolute Gasteiger partial charge is 0.342 e. The van der Waals surface area contributed by atoms with Crippen LogP contribution < -0.4 is 5.32 Å². The van der Waals surface area contributed by atoms with Crippen molar-refractivity contribution in [3.63, 3.8) is 0 Å². The van der Waals surface area contributed by atoms with E-state index in [-0.39, 0.29) is 0 Å². The Morgan fingerprint density at radius 2 is 2.12 bits per heavy atom. The molecular formula is C15H17F2N7. The van der Waals surface area contributed by atoms with E-state index in [0.717, 1.165) is 24.1 Å². The summed E-state index contributed by atoms with van der Waals surface area (Å²) in [7, 11) is 0. The van der Waals surface area contributed by atoms with Gasteiger partial charge in [-0.3, -0.25) is 4.68 Å². The monoisotopic (exact) mass is 333 g/mol.